The van der Waals surface area contributed by atoms with Crippen molar-refractivity contribution in [1.29, 1.82) is 5.26 Å². The second-order valence-electron chi connectivity index (χ2n) is 2.88. The van der Waals surface area contributed by atoms with Crippen LogP contribution in [0.25, 0.3) is 0 Å². The predicted octanol–water partition coefficient (Wildman–Crippen LogP) is 0.882. The molecule has 0 fully saturated rings. The van der Waals surface area contributed by atoms with Crippen LogP contribution in [0.2, 0.25) is 0 Å². The van der Waals surface area contributed by atoms with Crippen molar-refractivity contribution in [3.8, 4) is 6.07 Å². The molecule has 6 heteroatoms. The normalized spacial score (nSPS) is 14.3. The Bertz CT molecular complexity index is 394. The van der Waals surface area contributed by atoms with Gasteiger partial charge in [-0.25, -0.2) is 9.37 Å². The third kappa shape index (κ3) is 2.72. The van der Waals surface area contributed by atoms with E-state index in [4.69, 9.17) is 5.26 Å². The van der Waals surface area contributed by atoms with Gasteiger partial charge < -0.3 is 10.2 Å². The minimum absolute atomic E-state index is 0.137. The number of halogens is 2. The van der Waals surface area contributed by atoms with Crippen molar-refractivity contribution < 1.29 is 14.6 Å². The first-order valence-electron chi connectivity index (χ1n) is 4.07. The van der Waals surface area contributed by atoms with Crippen molar-refractivity contribution in [2.45, 2.75) is 12.2 Å². The average molecular weight is 275 g/mol. The topological polar surface area (TPSA) is 77.1 Å². The number of alkyl halides is 1. The lowest BCUT2D eigenvalue weighted by Gasteiger charge is -2.15. The SMILES string of the molecule is N#Cc1ncc(C(O)C(O)CBr)cc1F. The Morgan fingerprint density at radius 3 is 2.73 bits per heavy atom. The van der Waals surface area contributed by atoms with Gasteiger partial charge in [0.2, 0.25) is 0 Å². The lowest BCUT2D eigenvalue weighted by Crippen LogP contribution is -2.19. The molecule has 0 saturated heterocycles. The zero-order valence-electron chi connectivity index (χ0n) is 7.56. The van der Waals surface area contributed by atoms with Crippen LogP contribution in [0.4, 0.5) is 4.39 Å². The summed E-state index contributed by atoms with van der Waals surface area (Å²) in [5, 5.41) is 27.4. The number of aliphatic hydroxyl groups excluding tert-OH is 2. The number of aromatic nitrogens is 1. The van der Waals surface area contributed by atoms with E-state index in [1.54, 1.807) is 6.07 Å². The molecule has 0 spiro atoms. The van der Waals surface area contributed by atoms with Crippen LogP contribution < -0.4 is 0 Å². The zero-order valence-corrected chi connectivity index (χ0v) is 9.15. The largest absolute Gasteiger partial charge is 0.389 e. The van der Waals surface area contributed by atoms with Crippen molar-refractivity contribution >= 4 is 15.9 Å². The molecule has 1 rings (SSSR count). The van der Waals surface area contributed by atoms with Crippen molar-refractivity contribution in [3.63, 3.8) is 0 Å². The molecule has 2 atom stereocenters. The number of hydrogen-bond acceptors (Lipinski definition) is 4. The number of rotatable bonds is 3. The lowest BCUT2D eigenvalue weighted by molar-refractivity contribution is 0.0338. The fraction of sp³-hybridized carbons (Fsp3) is 0.333. The highest BCUT2D eigenvalue weighted by Crippen LogP contribution is 2.19. The van der Waals surface area contributed by atoms with Crippen LogP contribution in [-0.4, -0.2) is 26.6 Å². The Morgan fingerprint density at radius 1 is 1.60 bits per heavy atom. The maximum atomic E-state index is 13.1. The van der Waals surface area contributed by atoms with Gasteiger partial charge in [0.25, 0.3) is 0 Å². The van der Waals surface area contributed by atoms with E-state index in [0.29, 0.717) is 0 Å². The van der Waals surface area contributed by atoms with Gasteiger partial charge in [0.05, 0.1) is 6.10 Å². The monoisotopic (exact) mass is 274 g/mol. The van der Waals surface area contributed by atoms with E-state index in [9.17, 15) is 14.6 Å². The molecule has 2 unspecified atom stereocenters. The smallest absolute Gasteiger partial charge is 0.176 e. The highest BCUT2D eigenvalue weighted by atomic mass is 79.9. The van der Waals surface area contributed by atoms with Gasteiger partial charge in [-0.05, 0) is 6.07 Å². The van der Waals surface area contributed by atoms with Gasteiger partial charge in [-0.2, -0.15) is 5.26 Å². The first kappa shape index (κ1) is 12.0. The summed E-state index contributed by atoms with van der Waals surface area (Å²) in [5.74, 6) is -0.809. The van der Waals surface area contributed by atoms with E-state index in [-0.39, 0.29) is 16.6 Å². The number of hydrogen-bond donors (Lipinski definition) is 2. The minimum Gasteiger partial charge on any atom is -0.389 e. The minimum atomic E-state index is -1.22. The van der Waals surface area contributed by atoms with Gasteiger partial charge in [-0.1, -0.05) is 15.9 Å². The third-order valence-electron chi connectivity index (χ3n) is 1.83. The molecular weight excluding hydrogens is 267 g/mol. The summed E-state index contributed by atoms with van der Waals surface area (Å²) in [4.78, 5) is 3.51. The maximum absolute atomic E-state index is 13.1. The zero-order chi connectivity index (χ0) is 11.4. The van der Waals surface area contributed by atoms with Crippen LogP contribution >= 0.6 is 15.9 Å². The van der Waals surface area contributed by atoms with Gasteiger partial charge >= 0.3 is 0 Å². The fourth-order valence-electron chi connectivity index (χ4n) is 1.00. The van der Waals surface area contributed by atoms with Crippen molar-refractivity contribution in [1.82, 2.24) is 4.98 Å². The Morgan fingerprint density at radius 2 is 2.27 bits per heavy atom. The number of nitriles is 1. The summed E-state index contributed by atoms with van der Waals surface area (Å²) < 4.78 is 13.1. The standard InChI is InChI=1S/C9H8BrFN2O2/c10-2-8(14)9(15)5-1-6(11)7(3-12)13-4-5/h1,4,8-9,14-15H,2H2. The van der Waals surface area contributed by atoms with Crippen LogP contribution in [0, 0.1) is 17.1 Å². The van der Waals surface area contributed by atoms with E-state index in [1.807, 2.05) is 0 Å². The molecule has 0 bridgehead atoms. The number of nitrogens with zero attached hydrogens (tertiary/aromatic N) is 2. The van der Waals surface area contributed by atoms with E-state index in [0.717, 1.165) is 12.3 Å². The molecule has 1 heterocycles. The first-order chi connectivity index (χ1) is 7.10. The van der Waals surface area contributed by atoms with Gasteiger partial charge in [-0.3, -0.25) is 0 Å². The van der Waals surface area contributed by atoms with Crippen LogP contribution in [0.3, 0.4) is 0 Å². The Kier molecular flexibility index (Phi) is 4.15. The molecule has 0 saturated carbocycles. The Labute approximate surface area is 94.1 Å². The molecule has 2 N–H and O–H groups in total. The average Bonchev–Trinajstić information content (AvgIpc) is 2.26. The second kappa shape index (κ2) is 5.16. The van der Waals surface area contributed by atoms with E-state index >= 15 is 0 Å². The number of aliphatic hydroxyl groups is 2. The summed E-state index contributed by atoms with van der Waals surface area (Å²) in [5.41, 5.74) is -0.197. The molecule has 0 aliphatic carbocycles. The predicted molar refractivity (Wildman–Crippen MR) is 53.7 cm³/mol. The van der Waals surface area contributed by atoms with Crippen LogP contribution in [-0.2, 0) is 0 Å². The third-order valence-corrected chi connectivity index (χ3v) is 2.50. The molecule has 80 valence electrons. The molecule has 0 aliphatic heterocycles. The van der Waals surface area contributed by atoms with E-state index in [2.05, 4.69) is 20.9 Å². The van der Waals surface area contributed by atoms with Crippen LogP contribution in [0.1, 0.15) is 17.4 Å². The molecule has 0 radical (unpaired) electrons. The highest BCUT2D eigenvalue weighted by molar-refractivity contribution is 9.09. The van der Waals surface area contributed by atoms with Gasteiger partial charge in [-0.15, -0.1) is 0 Å². The summed E-state index contributed by atoms with van der Waals surface area (Å²) >= 11 is 2.98. The van der Waals surface area contributed by atoms with E-state index < -0.39 is 18.0 Å². The molecule has 4 nitrogen and oxygen atoms in total. The van der Waals surface area contributed by atoms with Crippen LogP contribution in [0.15, 0.2) is 12.3 Å². The lowest BCUT2D eigenvalue weighted by atomic mass is 10.1. The summed E-state index contributed by atoms with van der Waals surface area (Å²) in [6.45, 7) is 0. The van der Waals surface area contributed by atoms with Crippen molar-refractivity contribution in [2.24, 2.45) is 0 Å². The first-order valence-corrected chi connectivity index (χ1v) is 5.20. The molecule has 1 aromatic rings. The van der Waals surface area contributed by atoms with Gasteiger partial charge in [0.15, 0.2) is 11.5 Å². The second-order valence-corrected chi connectivity index (χ2v) is 3.52. The highest BCUT2D eigenvalue weighted by Gasteiger charge is 2.18. The Balaban J connectivity index is 2.98. The molecule has 0 amide bonds. The number of pyridine rings is 1. The molecular formula is C9H8BrFN2O2. The molecule has 0 aliphatic rings. The quantitative estimate of drug-likeness (QED) is 0.803. The summed E-state index contributed by atoms with van der Waals surface area (Å²) in [6.07, 6.45) is -1.10. The summed E-state index contributed by atoms with van der Waals surface area (Å²) in [7, 11) is 0. The molecule has 0 aromatic carbocycles. The molecule has 15 heavy (non-hydrogen) atoms. The van der Waals surface area contributed by atoms with Gasteiger partial charge in [0.1, 0.15) is 12.2 Å². The van der Waals surface area contributed by atoms with Gasteiger partial charge in [0, 0.05) is 17.1 Å². The Hall–Kier alpha value is -1.03. The van der Waals surface area contributed by atoms with Crippen molar-refractivity contribution in [2.75, 3.05) is 5.33 Å². The maximum Gasteiger partial charge on any atom is 0.176 e. The van der Waals surface area contributed by atoms with Crippen LogP contribution in [0.5, 0.6) is 0 Å². The fourth-order valence-corrected chi connectivity index (χ4v) is 1.36. The van der Waals surface area contributed by atoms with Crippen molar-refractivity contribution in [3.05, 3.63) is 29.3 Å². The molecule has 1 aromatic heterocycles. The summed E-state index contributed by atoms with van der Waals surface area (Å²) in [6, 6.07) is 2.55. The van der Waals surface area contributed by atoms with E-state index in [1.165, 1.54) is 0 Å².